The molecule has 0 fully saturated rings. The average Bonchev–Trinajstić information content (AvgIpc) is 1.54. The second-order valence-electron chi connectivity index (χ2n) is 1.36. The minimum absolute atomic E-state index is 0.833. The third-order valence-corrected chi connectivity index (χ3v) is 0. The standard InChI is InChI=1S/2C2H4O2.H4NO2P/c2*1-2(3)4;1-4(2)3/h2*1H3,(H,3,4);2-3H,1H2. The first-order valence-corrected chi connectivity index (χ1v) is 3.83. The summed E-state index contributed by atoms with van der Waals surface area (Å²) < 4.78 is 0. The normalized spacial score (nSPS) is 7.17. The van der Waals surface area contributed by atoms with E-state index < -0.39 is 20.5 Å². The van der Waals surface area contributed by atoms with Crippen LogP contribution in [0.25, 0.3) is 0 Å². The number of carboxylic acid groups (broad SMARTS) is 2. The molecule has 6 N–H and O–H groups in total. The summed E-state index contributed by atoms with van der Waals surface area (Å²) in [4.78, 5) is 32.9. The summed E-state index contributed by atoms with van der Waals surface area (Å²) in [6.07, 6.45) is 0. The minimum Gasteiger partial charge on any atom is -0.481 e. The Balaban J connectivity index is -0.000000101. The lowest BCUT2D eigenvalue weighted by Gasteiger charge is -1.79. The van der Waals surface area contributed by atoms with Gasteiger partial charge in [0.15, 0.2) is 0 Å². The molecular weight excluding hydrogens is 189 g/mol. The Labute approximate surface area is 70.4 Å². The van der Waals surface area contributed by atoms with Crippen molar-refractivity contribution < 1.29 is 29.6 Å². The zero-order valence-corrected chi connectivity index (χ0v) is 7.52. The van der Waals surface area contributed by atoms with Gasteiger partial charge in [-0.25, -0.2) is 0 Å². The second kappa shape index (κ2) is 12.9. The second-order valence-corrected chi connectivity index (χ2v) is 2.00. The van der Waals surface area contributed by atoms with Gasteiger partial charge in [-0.2, -0.15) is 0 Å². The Bertz CT molecular complexity index is 104. The summed E-state index contributed by atoms with van der Waals surface area (Å²) in [5, 5.41) is 14.8. The van der Waals surface area contributed by atoms with Crippen LogP contribution in [0.3, 0.4) is 0 Å². The highest BCUT2D eigenvalue weighted by molar-refractivity contribution is 7.42. The van der Waals surface area contributed by atoms with Gasteiger partial charge in [0, 0.05) is 13.8 Å². The molecule has 0 aliphatic rings. The van der Waals surface area contributed by atoms with Crippen molar-refractivity contribution in [3.8, 4) is 0 Å². The van der Waals surface area contributed by atoms with E-state index in [1.165, 1.54) is 0 Å². The summed E-state index contributed by atoms with van der Waals surface area (Å²) >= 11 is 0. The van der Waals surface area contributed by atoms with Gasteiger partial charge >= 0.3 is 0 Å². The third kappa shape index (κ3) is 1120. The first-order chi connectivity index (χ1) is 5.20. The molecule has 0 heterocycles. The van der Waals surface area contributed by atoms with Crippen LogP contribution in [0.4, 0.5) is 0 Å². The number of hydrogen-bond donors (Lipinski definition) is 5. The van der Waals surface area contributed by atoms with Gasteiger partial charge in [0.2, 0.25) is 8.53 Å². The number of rotatable bonds is 0. The van der Waals surface area contributed by atoms with E-state index >= 15 is 0 Å². The van der Waals surface area contributed by atoms with Crippen LogP contribution in [0.5, 0.6) is 0 Å². The monoisotopic (exact) mass is 201 g/mol. The zero-order chi connectivity index (χ0) is 10.7. The fraction of sp³-hybridized carbons (Fsp3) is 0.500. The summed E-state index contributed by atoms with van der Waals surface area (Å²) in [7, 11) is -2.12. The third-order valence-electron chi connectivity index (χ3n) is 0. The number of carbonyl (C=O) groups is 2. The van der Waals surface area contributed by atoms with Crippen molar-refractivity contribution in [2.24, 2.45) is 5.50 Å². The van der Waals surface area contributed by atoms with Crippen LogP contribution >= 0.6 is 8.53 Å². The Kier molecular flexibility index (Phi) is 18.6. The van der Waals surface area contributed by atoms with E-state index in [1.54, 1.807) is 0 Å². The van der Waals surface area contributed by atoms with Gasteiger partial charge in [0.1, 0.15) is 0 Å². The molecule has 12 heavy (non-hydrogen) atoms. The largest absolute Gasteiger partial charge is 0.481 e. The molecule has 0 aromatic rings. The molecular formula is C4H12NO6P. The molecule has 0 rings (SSSR count). The van der Waals surface area contributed by atoms with E-state index in [1.807, 2.05) is 0 Å². The van der Waals surface area contributed by atoms with Gasteiger partial charge in [0.05, 0.1) is 0 Å². The molecule has 0 unspecified atom stereocenters. The van der Waals surface area contributed by atoms with Gasteiger partial charge in [0.25, 0.3) is 11.9 Å². The first-order valence-electron chi connectivity index (χ1n) is 2.51. The molecule has 0 aromatic carbocycles. The molecule has 0 atom stereocenters. The molecule has 74 valence electrons. The molecule has 0 aromatic heterocycles. The maximum absolute atomic E-state index is 9.00. The van der Waals surface area contributed by atoms with E-state index in [9.17, 15) is 0 Å². The predicted octanol–water partition coefficient (Wildman–Crippen LogP) is -0.662. The van der Waals surface area contributed by atoms with E-state index in [0.717, 1.165) is 13.8 Å². The Morgan fingerprint density at radius 3 is 1.08 bits per heavy atom. The maximum atomic E-state index is 9.00. The number of carboxylic acids is 2. The average molecular weight is 201 g/mol. The molecule has 8 heteroatoms. The lowest BCUT2D eigenvalue weighted by molar-refractivity contribution is -0.135. The fourth-order valence-corrected chi connectivity index (χ4v) is 0. The molecule has 0 aliphatic carbocycles. The number of aliphatic carboxylic acids is 2. The smallest absolute Gasteiger partial charge is 0.300 e. The summed E-state index contributed by atoms with van der Waals surface area (Å²) in [5.41, 5.74) is 4.29. The molecule has 0 amide bonds. The van der Waals surface area contributed by atoms with E-state index in [2.05, 4.69) is 5.50 Å². The van der Waals surface area contributed by atoms with Gasteiger partial charge in [-0.3, -0.25) is 15.1 Å². The molecule has 0 spiro atoms. The minimum atomic E-state index is -2.12. The van der Waals surface area contributed by atoms with Crippen LogP contribution < -0.4 is 5.50 Å². The van der Waals surface area contributed by atoms with Crippen molar-refractivity contribution in [2.75, 3.05) is 0 Å². The number of nitrogens with two attached hydrogens (primary N) is 1. The topological polar surface area (TPSA) is 141 Å². The van der Waals surface area contributed by atoms with Crippen molar-refractivity contribution in [1.82, 2.24) is 0 Å². The van der Waals surface area contributed by atoms with Gasteiger partial charge < -0.3 is 20.0 Å². The number of hydrogen-bond acceptors (Lipinski definition) is 5. The Hall–Kier alpha value is -0.750. The quantitative estimate of drug-likeness (QED) is 0.327. The first kappa shape index (κ1) is 17.4. The molecule has 0 bridgehead atoms. The van der Waals surface area contributed by atoms with Crippen molar-refractivity contribution in [3.05, 3.63) is 0 Å². The lowest BCUT2D eigenvalue weighted by atomic mass is 10.9. The fourth-order valence-electron chi connectivity index (χ4n) is 0. The van der Waals surface area contributed by atoms with Gasteiger partial charge in [-0.05, 0) is 0 Å². The maximum Gasteiger partial charge on any atom is 0.300 e. The molecule has 7 nitrogen and oxygen atoms in total. The zero-order valence-electron chi connectivity index (χ0n) is 6.63. The van der Waals surface area contributed by atoms with Crippen molar-refractivity contribution in [3.63, 3.8) is 0 Å². The molecule has 0 aliphatic heterocycles. The van der Waals surface area contributed by atoms with Crippen LogP contribution in [0.2, 0.25) is 0 Å². The molecule has 0 saturated carbocycles. The van der Waals surface area contributed by atoms with E-state index in [0.29, 0.717) is 0 Å². The summed E-state index contributed by atoms with van der Waals surface area (Å²) in [5.74, 6) is -1.67. The SMILES string of the molecule is CC(=O)O.CC(=O)O.NP(O)O. The van der Waals surface area contributed by atoms with Crippen molar-refractivity contribution in [2.45, 2.75) is 13.8 Å². The Morgan fingerprint density at radius 1 is 1.08 bits per heavy atom. The predicted molar refractivity (Wildman–Crippen MR) is 42.2 cm³/mol. The van der Waals surface area contributed by atoms with Crippen LogP contribution in [0.1, 0.15) is 13.8 Å². The highest BCUT2D eigenvalue weighted by atomic mass is 31.2. The molecule has 0 saturated heterocycles. The van der Waals surface area contributed by atoms with Crippen molar-refractivity contribution >= 4 is 20.5 Å². The van der Waals surface area contributed by atoms with Crippen LogP contribution in [0.15, 0.2) is 0 Å². The van der Waals surface area contributed by atoms with Gasteiger partial charge in [-0.1, -0.05) is 0 Å². The van der Waals surface area contributed by atoms with Crippen LogP contribution in [-0.2, 0) is 9.59 Å². The lowest BCUT2D eigenvalue weighted by Crippen LogP contribution is -1.78. The highest BCUT2D eigenvalue weighted by Gasteiger charge is 1.72. The molecule has 0 radical (unpaired) electrons. The van der Waals surface area contributed by atoms with E-state index in [-0.39, 0.29) is 0 Å². The van der Waals surface area contributed by atoms with Crippen LogP contribution in [-0.4, -0.2) is 31.9 Å². The Morgan fingerprint density at radius 2 is 1.08 bits per heavy atom. The van der Waals surface area contributed by atoms with Crippen molar-refractivity contribution in [1.29, 1.82) is 0 Å². The summed E-state index contributed by atoms with van der Waals surface area (Å²) in [6.45, 7) is 2.17. The van der Waals surface area contributed by atoms with Gasteiger partial charge in [-0.15, -0.1) is 0 Å². The highest BCUT2D eigenvalue weighted by Crippen LogP contribution is 2.05. The van der Waals surface area contributed by atoms with Crippen LogP contribution in [0, 0.1) is 0 Å². The summed E-state index contributed by atoms with van der Waals surface area (Å²) in [6, 6.07) is 0. The van der Waals surface area contributed by atoms with E-state index in [4.69, 9.17) is 29.6 Å².